The topological polar surface area (TPSA) is 58.5 Å². The Morgan fingerprint density at radius 1 is 0.700 bits per heavy atom. The van der Waals surface area contributed by atoms with Crippen molar-refractivity contribution in [3.8, 4) is 0 Å². The van der Waals surface area contributed by atoms with Crippen molar-refractivity contribution in [2.24, 2.45) is 4.99 Å². The van der Waals surface area contributed by atoms with Gasteiger partial charge in [0.1, 0.15) is 24.4 Å². The van der Waals surface area contributed by atoms with Crippen LogP contribution in [0.4, 0.5) is 0 Å². The van der Waals surface area contributed by atoms with Gasteiger partial charge in [-0.25, -0.2) is 4.99 Å². The molecule has 228 valence electrons. The first-order valence-electron chi connectivity index (χ1n) is 14.9. The third-order valence-electron chi connectivity index (χ3n) is 10.0. The maximum Gasteiger partial charge on any atom is 0.227 e. The first-order chi connectivity index (χ1) is 18.0. The molecule has 3 rings (SSSR count). The Kier molecular flexibility index (Phi) is 9.56. The van der Waals surface area contributed by atoms with Gasteiger partial charge in [-0.15, -0.1) is 0 Å². The van der Waals surface area contributed by atoms with Crippen LogP contribution in [-0.2, 0) is 22.8 Å². The Balaban J connectivity index is 2.09. The molecule has 2 aliphatic rings. The van der Waals surface area contributed by atoms with Crippen molar-refractivity contribution in [1.82, 2.24) is 0 Å². The van der Waals surface area contributed by atoms with Gasteiger partial charge < -0.3 is 22.8 Å². The number of hydrogen-bond donors (Lipinski definition) is 0. The average molecular weight is 608 g/mol. The molecule has 0 aromatic heterocycles. The van der Waals surface area contributed by atoms with Crippen molar-refractivity contribution in [2.45, 2.75) is 147 Å². The van der Waals surface area contributed by atoms with Gasteiger partial charge in [-0.2, -0.15) is 0 Å². The lowest BCUT2D eigenvalue weighted by atomic mass is 9.98. The largest absolute Gasteiger partial charge is 0.445 e. The van der Waals surface area contributed by atoms with E-state index in [9.17, 15) is 0 Å². The fraction of sp³-hybridized carbons (Fsp3) is 0.774. The fourth-order valence-corrected chi connectivity index (χ4v) is 7.72. The average Bonchev–Trinajstić information content (AvgIpc) is 3.21. The van der Waals surface area contributed by atoms with Gasteiger partial charge in [0.15, 0.2) is 25.0 Å². The van der Waals surface area contributed by atoms with E-state index in [0.717, 1.165) is 5.56 Å². The van der Waals surface area contributed by atoms with E-state index in [-0.39, 0.29) is 39.5 Å². The summed E-state index contributed by atoms with van der Waals surface area (Å²) in [5.74, 6) is 0.608. The van der Waals surface area contributed by atoms with Gasteiger partial charge in [0, 0.05) is 5.56 Å². The van der Waals surface area contributed by atoms with Crippen molar-refractivity contribution in [2.75, 3.05) is 6.61 Å². The first kappa shape index (κ1) is 33.7. The molecule has 40 heavy (non-hydrogen) atoms. The summed E-state index contributed by atoms with van der Waals surface area (Å²) in [7, 11) is -6.46. The Morgan fingerprint density at radius 3 is 1.65 bits per heavy atom. The summed E-state index contributed by atoms with van der Waals surface area (Å²) in [6, 6.07) is 9.76. The summed E-state index contributed by atoms with van der Waals surface area (Å²) < 4.78 is 34.5. The zero-order valence-electron chi connectivity index (χ0n) is 28.0. The van der Waals surface area contributed by atoms with Crippen molar-refractivity contribution in [3.05, 3.63) is 35.9 Å². The molecule has 0 saturated carbocycles. The van der Waals surface area contributed by atoms with E-state index in [1.54, 1.807) is 0 Å². The number of fused-ring (bicyclic) bond motifs is 1. The third kappa shape index (κ3) is 7.21. The quantitative estimate of drug-likeness (QED) is 0.278. The fourth-order valence-electron chi connectivity index (χ4n) is 4.08. The maximum absolute atomic E-state index is 7.27. The van der Waals surface area contributed by atoms with Gasteiger partial charge in [-0.1, -0.05) is 80.5 Å². The van der Waals surface area contributed by atoms with Gasteiger partial charge >= 0.3 is 0 Å². The van der Waals surface area contributed by atoms with E-state index < -0.39 is 31.2 Å². The SMILES string of the molecule is CC(C)(C)[Si](C)(C)OC[C@H]1O[C@@H]2OC(c3ccccc3)=N[C@@H]2[C@@H](O[Si](C)(C)C(C)(C)C)[C@@H]1O[Si](C)(C)C(C)(C)C. The van der Waals surface area contributed by atoms with Crippen LogP contribution in [0.2, 0.25) is 54.4 Å². The van der Waals surface area contributed by atoms with E-state index in [2.05, 4.69) is 102 Å². The van der Waals surface area contributed by atoms with Crippen LogP contribution in [0.25, 0.3) is 0 Å². The molecule has 6 nitrogen and oxygen atoms in total. The highest BCUT2D eigenvalue weighted by Crippen LogP contribution is 2.45. The summed E-state index contributed by atoms with van der Waals surface area (Å²) in [5, 5.41) is 0.145. The second-order valence-corrected chi connectivity index (χ2v) is 30.5. The monoisotopic (exact) mass is 607 g/mol. The summed E-state index contributed by atoms with van der Waals surface area (Å²) in [6.45, 7) is 34.7. The van der Waals surface area contributed by atoms with E-state index in [1.165, 1.54) is 0 Å². The van der Waals surface area contributed by atoms with Crippen LogP contribution >= 0.6 is 0 Å². The molecule has 1 aromatic carbocycles. The third-order valence-corrected chi connectivity index (χ3v) is 23.5. The van der Waals surface area contributed by atoms with E-state index >= 15 is 0 Å². The number of nitrogens with zero attached hydrogens (tertiary/aromatic N) is 1. The molecule has 1 fully saturated rings. The van der Waals surface area contributed by atoms with Crippen LogP contribution in [0.5, 0.6) is 0 Å². The van der Waals surface area contributed by atoms with Crippen LogP contribution in [0.15, 0.2) is 35.3 Å². The molecular weight excluding hydrogens is 551 g/mol. The molecule has 0 amide bonds. The predicted molar refractivity (Wildman–Crippen MR) is 174 cm³/mol. The number of aliphatic imine (C=N–C) groups is 1. The lowest BCUT2D eigenvalue weighted by molar-refractivity contribution is -0.226. The first-order valence-corrected chi connectivity index (χ1v) is 23.6. The Labute approximate surface area is 248 Å². The van der Waals surface area contributed by atoms with Gasteiger partial charge in [0.05, 0.1) is 6.61 Å². The predicted octanol–water partition coefficient (Wildman–Crippen LogP) is 8.36. The summed E-state index contributed by atoms with van der Waals surface area (Å²) in [6.07, 6.45) is -1.49. The van der Waals surface area contributed by atoms with Gasteiger partial charge in [-0.05, 0) is 66.5 Å². The maximum atomic E-state index is 7.27. The van der Waals surface area contributed by atoms with Crippen molar-refractivity contribution in [1.29, 1.82) is 0 Å². The standard InChI is InChI=1S/C31H57NO5Si3/c1-29(2,3)38(10,11)33-21-23-25(36-39(12,13)30(4,5)6)26(37-40(14,15)31(7,8)9)24-28(34-23)35-27(32-24)22-19-17-16-18-20-22/h16-20,23-26,28H,21H2,1-15H3/t23-,24-,25-,26-,28-/m1/s1. The highest BCUT2D eigenvalue weighted by Gasteiger charge is 2.57. The molecule has 1 saturated heterocycles. The molecule has 0 spiro atoms. The van der Waals surface area contributed by atoms with Crippen LogP contribution in [0.3, 0.4) is 0 Å². The molecule has 0 aliphatic carbocycles. The van der Waals surface area contributed by atoms with Crippen molar-refractivity contribution >= 4 is 30.8 Å². The lowest BCUT2D eigenvalue weighted by Crippen LogP contribution is -2.65. The number of ether oxygens (including phenoxy) is 2. The number of benzene rings is 1. The molecule has 2 aliphatic heterocycles. The minimum Gasteiger partial charge on any atom is -0.445 e. The molecule has 5 atom stereocenters. The van der Waals surface area contributed by atoms with Crippen molar-refractivity contribution in [3.63, 3.8) is 0 Å². The van der Waals surface area contributed by atoms with E-state index in [1.807, 2.05) is 30.3 Å². The van der Waals surface area contributed by atoms with Crippen LogP contribution < -0.4 is 0 Å². The summed E-state index contributed by atoms with van der Waals surface area (Å²) >= 11 is 0. The Morgan fingerprint density at radius 2 is 1.18 bits per heavy atom. The molecule has 0 radical (unpaired) electrons. The zero-order chi connectivity index (χ0) is 30.5. The normalized spacial score (nSPS) is 26.8. The highest BCUT2D eigenvalue weighted by atomic mass is 28.4. The number of rotatable bonds is 8. The van der Waals surface area contributed by atoms with Crippen LogP contribution in [-0.4, -0.2) is 68.1 Å². The van der Waals surface area contributed by atoms with Crippen LogP contribution in [0, 0.1) is 0 Å². The highest BCUT2D eigenvalue weighted by molar-refractivity contribution is 6.75. The molecule has 0 bridgehead atoms. The van der Waals surface area contributed by atoms with Gasteiger partial charge in [0.25, 0.3) is 0 Å². The number of hydrogen-bond acceptors (Lipinski definition) is 6. The molecular formula is C31H57NO5Si3. The lowest BCUT2D eigenvalue weighted by Gasteiger charge is -2.51. The summed E-state index contributed by atoms with van der Waals surface area (Å²) in [4.78, 5) is 5.12. The zero-order valence-corrected chi connectivity index (χ0v) is 31.0. The molecule has 9 heteroatoms. The second kappa shape index (κ2) is 11.4. The summed E-state index contributed by atoms with van der Waals surface area (Å²) in [5.41, 5.74) is 0.947. The van der Waals surface area contributed by atoms with E-state index in [0.29, 0.717) is 12.5 Å². The molecule has 2 heterocycles. The minimum atomic E-state index is -2.21. The second-order valence-electron chi connectivity index (χ2n) is 16.2. The smallest absolute Gasteiger partial charge is 0.227 e. The molecule has 1 aromatic rings. The van der Waals surface area contributed by atoms with Crippen LogP contribution in [0.1, 0.15) is 67.9 Å². The Hall–Kier alpha value is -0.819. The Bertz CT molecular complexity index is 1040. The van der Waals surface area contributed by atoms with E-state index in [4.69, 9.17) is 27.7 Å². The molecule has 0 N–H and O–H groups in total. The van der Waals surface area contributed by atoms with Gasteiger partial charge in [0.2, 0.25) is 12.2 Å². The van der Waals surface area contributed by atoms with Gasteiger partial charge in [-0.3, -0.25) is 0 Å². The minimum absolute atomic E-state index is 0.0286. The molecule has 0 unspecified atom stereocenters. The van der Waals surface area contributed by atoms with Crippen molar-refractivity contribution < 1.29 is 22.8 Å².